The van der Waals surface area contributed by atoms with Crippen LogP contribution in [0.4, 0.5) is 0 Å². The number of aliphatic hydroxyl groups is 2. The summed E-state index contributed by atoms with van der Waals surface area (Å²) >= 11 is 3.30. The molecule has 2 unspecified atom stereocenters. The van der Waals surface area contributed by atoms with Gasteiger partial charge in [-0.05, 0) is 33.6 Å². The van der Waals surface area contributed by atoms with Crippen LogP contribution in [0.3, 0.4) is 0 Å². The molecular formula is C10H14BrNO3. The van der Waals surface area contributed by atoms with Crippen molar-refractivity contribution < 1.29 is 14.9 Å². The zero-order valence-corrected chi connectivity index (χ0v) is 9.94. The highest BCUT2D eigenvalue weighted by Crippen LogP contribution is 2.28. The Balaban J connectivity index is 2.92. The monoisotopic (exact) mass is 275 g/mol. The number of ether oxygens (including phenoxy) is 1. The fourth-order valence-corrected chi connectivity index (χ4v) is 1.78. The Morgan fingerprint density at radius 1 is 1.47 bits per heavy atom. The van der Waals surface area contributed by atoms with Gasteiger partial charge in [0.15, 0.2) is 0 Å². The molecule has 2 atom stereocenters. The molecule has 0 spiro atoms. The molecule has 0 fully saturated rings. The predicted octanol–water partition coefficient (Wildman–Crippen LogP) is 0.811. The summed E-state index contributed by atoms with van der Waals surface area (Å²) in [6.07, 6.45) is -1.93. The lowest BCUT2D eigenvalue weighted by molar-refractivity contribution is 0.0243. The molecule has 0 aliphatic rings. The summed E-state index contributed by atoms with van der Waals surface area (Å²) in [6.45, 7) is 0.0187. The molecule has 15 heavy (non-hydrogen) atoms. The third kappa shape index (κ3) is 2.92. The van der Waals surface area contributed by atoms with Crippen molar-refractivity contribution in [3.05, 3.63) is 28.2 Å². The number of hydrogen-bond acceptors (Lipinski definition) is 4. The molecule has 4 nitrogen and oxygen atoms in total. The second-order valence-electron chi connectivity index (χ2n) is 3.14. The smallest absolute Gasteiger partial charge is 0.133 e. The Labute approximate surface area is 96.8 Å². The Morgan fingerprint density at radius 2 is 2.13 bits per heavy atom. The summed E-state index contributed by atoms with van der Waals surface area (Å²) < 4.78 is 5.78. The Bertz CT molecular complexity index is 332. The summed E-state index contributed by atoms with van der Waals surface area (Å²) in [4.78, 5) is 0. The first-order valence-corrected chi connectivity index (χ1v) is 5.29. The molecule has 0 radical (unpaired) electrons. The van der Waals surface area contributed by atoms with Crippen molar-refractivity contribution in [1.82, 2.24) is 0 Å². The van der Waals surface area contributed by atoms with E-state index in [9.17, 15) is 10.2 Å². The van der Waals surface area contributed by atoms with E-state index < -0.39 is 12.2 Å². The number of methoxy groups -OCH3 is 1. The number of rotatable bonds is 4. The normalized spacial score (nSPS) is 14.7. The van der Waals surface area contributed by atoms with Crippen LogP contribution >= 0.6 is 15.9 Å². The van der Waals surface area contributed by atoms with Crippen LogP contribution in [-0.2, 0) is 0 Å². The minimum Gasteiger partial charge on any atom is -0.496 e. The SMILES string of the molecule is COc1ccc(C(O)C(O)CN)cc1Br. The number of aliphatic hydroxyl groups excluding tert-OH is 2. The largest absolute Gasteiger partial charge is 0.496 e. The van der Waals surface area contributed by atoms with E-state index in [1.54, 1.807) is 25.3 Å². The molecule has 1 rings (SSSR count). The summed E-state index contributed by atoms with van der Waals surface area (Å²) in [7, 11) is 1.56. The maximum Gasteiger partial charge on any atom is 0.133 e. The van der Waals surface area contributed by atoms with Crippen molar-refractivity contribution in [3.63, 3.8) is 0 Å². The van der Waals surface area contributed by atoms with Crippen molar-refractivity contribution in [2.75, 3.05) is 13.7 Å². The van der Waals surface area contributed by atoms with Gasteiger partial charge in [-0.1, -0.05) is 6.07 Å². The second kappa shape index (κ2) is 5.46. The molecule has 0 bridgehead atoms. The average molecular weight is 276 g/mol. The molecule has 1 aromatic rings. The maximum atomic E-state index is 9.69. The first-order valence-electron chi connectivity index (χ1n) is 4.49. The lowest BCUT2D eigenvalue weighted by Gasteiger charge is -2.17. The Hall–Kier alpha value is -0.620. The molecule has 0 aliphatic heterocycles. The van der Waals surface area contributed by atoms with Gasteiger partial charge in [-0.2, -0.15) is 0 Å². The van der Waals surface area contributed by atoms with Crippen LogP contribution in [0.2, 0.25) is 0 Å². The molecule has 4 N–H and O–H groups in total. The minimum atomic E-state index is -0.975. The topological polar surface area (TPSA) is 75.7 Å². The molecule has 0 aliphatic carbocycles. The van der Waals surface area contributed by atoms with Crippen LogP contribution in [0.25, 0.3) is 0 Å². The van der Waals surface area contributed by atoms with Gasteiger partial charge in [0.25, 0.3) is 0 Å². The molecule has 0 heterocycles. The van der Waals surface area contributed by atoms with E-state index in [-0.39, 0.29) is 6.54 Å². The van der Waals surface area contributed by atoms with Gasteiger partial charge in [-0.25, -0.2) is 0 Å². The first kappa shape index (κ1) is 12.4. The maximum absolute atomic E-state index is 9.69. The Kier molecular flexibility index (Phi) is 4.53. The summed E-state index contributed by atoms with van der Waals surface area (Å²) in [5.41, 5.74) is 5.86. The molecule has 1 aromatic carbocycles. The summed E-state index contributed by atoms with van der Waals surface area (Å²) in [6, 6.07) is 5.10. The van der Waals surface area contributed by atoms with Gasteiger partial charge >= 0.3 is 0 Å². The molecule has 5 heteroatoms. The number of benzene rings is 1. The van der Waals surface area contributed by atoms with Crippen molar-refractivity contribution >= 4 is 15.9 Å². The van der Waals surface area contributed by atoms with Crippen LogP contribution in [0.1, 0.15) is 11.7 Å². The highest BCUT2D eigenvalue weighted by molar-refractivity contribution is 9.10. The Morgan fingerprint density at radius 3 is 2.60 bits per heavy atom. The molecule has 0 aromatic heterocycles. The van der Waals surface area contributed by atoms with Crippen LogP contribution in [0.15, 0.2) is 22.7 Å². The highest BCUT2D eigenvalue weighted by atomic mass is 79.9. The van der Waals surface area contributed by atoms with E-state index in [0.29, 0.717) is 11.3 Å². The van der Waals surface area contributed by atoms with Crippen LogP contribution in [-0.4, -0.2) is 30.0 Å². The third-order valence-corrected chi connectivity index (χ3v) is 2.74. The van der Waals surface area contributed by atoms with Crippen LogP contribution in [0.5, 0.6) is 5.75 Å². The molecule has 0 saturated heterocycles. The van der Waals surface area contributed by atoms with E-state index in [2.05, 4.69) is 15.9 Å². The van der Waals surface area contributed by atoms with E-state index in [1.807, 2.05) is 0 Å². The van der Waals surface area contributed by atoms with Gasteiger partial charge in [-0.15, -0.1) is 0 Å². The quantitative estimate of drug-likeness (QED) is 0.760. The lowest BCUT2D eigenvalue weighted by Crippen LogP contribution is -2.27. The number of hydrogen-bond donors (Lipinski definition) is 3. The van der Waals surface area contributed by atoms with Crippen molar-refractivity contribution in [1.29, 1.82) is 0 Å². The highest BCUT2D eigenvalue weighted by Gasteiger charge is 2.17. The zero-order valence-electron chi connectivity index (χ0n) is 8.35. The predicted molar refractivity (Wildman–Crippen MR) is 60.7 cm³/mol. The molecule has 0 saturated carbocycles. The summed E-state index contributed by atoms with van der Waals surface area (Å²) in [5.74, 6) is 0.674. The van der Waals surface area contributed by atoms with Crippen molar-refractivity contribution in [2.45, 2.75) is 12.2 Å². The van der Waals surface area contributed by atoms with Gasteiger partial charge < -0.3 is 20.7 Å². The van der Waals surface area contributed by atoms with Gasteiger partial charge in [0.2, 0.25) is 0 Å². The summed E-state index contributed by atoms with van der Waals surface area (Å²) in [5, 5.41) is 19.1. The van der Waals surface area contributed by atoms with Crippen LogP contribution < -0.4 is 10.5 Å². The molecule has 0 amide bonds. The van der Waals surface area contributed by atoms with Gasteiger partial charge in [0, 0.05) is 6.54 Å². The van der Waals surface area contributed by atoms with Gasteiger partial charge in [0.05, 0.1) is 17.7 Å². The van der Waals surface area contributed by atoms with Crippen LogP contribution in [0, 0.1) is 0 Å². The standard InChI is InChI=1S/C10H14BrNO3/c1-15-9-3-2-6(4-7(9)11)10(14)8(13)5-12/h2-4,8,10,13-14H,5,12H2,1H3. The third-order valence-electron chi connectivity index (χ3n) is 2.12. The molecule has 84 valence electrons. The van der Waals surface area contributed by atoms with Crippen molar-refractivity contribution in [3.8, 4) is 5.75 Å². The minimum absolute atomic E-state index is 0.0187. The fourth-order valence-electron chi connectivity index (χ4n) is 1.22. The average Bonchev–Trinajstić information content (AvgIpc) is 2.26. The van der Waals surface area contributed by atoms with Gasteiger partial charge in [-0.3, -0.25) is 0 Å². The van der Waals surface area contributed by atoms with Crippen molar-refractivity contribution in [2.24, 2.45) is 5.73 Å². The van der Waals surface area contributed by atoms with E-state index in [4.69, 9.17) is 10.5 Å². The van der Waals surface area contributed by atoms with E-state index in [1.165, 1.54) is 0 Å². The first-order chi connectivity index (χ1) is 7.10. The fraction of sp³-hybridized carbons (Fsp3) is 0.400. The van der Waals surface area contributed by atoms with E-state index >= 15 is 0 Å². The number of halogens is 1. The van der Waals surface area contributed by atoms with Gasteiger partial charge in [0.1, 0.15) is 11.9 Å². The molecular weight excluding hydrogens is 262 g/mol. The lowest BCUT2D eigenvalue weighted by atomic mass is 10.0. The number of nitrogens with two attached hydrogens (primary N) is 1. The van der Waals surface area contributed by atoms with E-state index in [0.717, 1.165) is 4.47 Å². The zero-order chi connectivity index (χ0) is 11.4. The second-order valence-corrected chi connectivity index (χ2v) is 4.00.